The van der Waals surface area contributed by atoms with Crippen molar-refractivity contribution in [2.24, 2.45) is 0 Å². The third-order valence-electron chi connectivity index (χ3n) is 5.91. The molecule has 1 heterocycles. The summed E-state index contributed by atoms with van der Waals surface area (Å²) in [6, 6.07) is 28.6. The van der Waals surface area contributed by atoms with Crippen LogP contribution in [0.5, 0.6) is 17.2 Å². The van der Waals surface area contributed by atoms with Crippen molar-refractivity contribution in [2.45, 2.75) is 4.90 Å². The maximum absolute atomic E-state index is 13.1. The topological polar surface area (TPSA) is 79.7 Å². The molecule has 0 saturated heterocycles. The summed E-state index contributed by atoms with van der Waals surface area (Å²) >= 11 is 2.25. The Bertz CT molecular complexity index is 1690. The molecule has 0 aliphatic carbocycles. The van der Waals surface area contributed by atoms with Crippen molar-refractivity contribution in [3.05, 3.63) is 107 Å². The van der Waals surface area contributed by atoms with Crippen molar-refractivity contribution in [1.29, 1.82) is 0 Å². The number of ether oxygens (including phenoxy) is 2. The van der Waals surface area contributed by atoms with Crippen molar-refractivity contribution < 1.29 is 22.1 Å². The van der Waals surface area contributed by atoms with Gasteiger partial charge in [-0.2, -0.15) is 13.5 Å². The van der Waals surface area contributed by atoms with Crippen LogP contribution in [0, 0.1) is 3.57 Å². The molecule has 192 valence electrons. The summed E-state index contributed by atoms with van der Waals surface area (Å²) in [5.41, 5.74) is 3.69. The van der Waals surface area contributed by atoms with Crippen LogP contribution in [0.25, 0.3) is 28.1 Å². The molecule has 0 N–H and O–H groups in total. The number of aromatic nitrogens is 2. The van der Waals surface area contributed by atoms with Gasteiger partial charge in [0.1, 0.15) is 4.90 Å². The molecule has 0 aliphatic heterocycles. The predicted octanol–water partition coefficient (Wildman–Crippen LogP) is 6.60. The molecule has 38 heavy (non-hydrogen) atoms. The Labute approximate surface area is 234 Å². The smallest absolute Gasteiger partial charge is 0.339 e. The first-order valence-corrected chi connectivity index (χ1v) is 14.1. The summed E-state index contributed by atoms with van der Waals surface area (Å²) < 4.78 is 45.7. The van der Waals surface area contributed by atoms with E-state index >= 15 is 0 Å². The van der Waals surface area contributed by atoms with Crippen molar-refractivity contribution in [3.63, 3.8) is 0 Å². The van der Waals surface area contributed by atoms with Gasteiger partial charge in [-0.05, 0) is 65.1 Å². The number of para-hydroxylation sites is 2. The molecular formula is C29H23IN2O5S. The van der Waals surface area contributed by atoms with Crippen molar-refractivity contribution in [1.82, 2.24) is 9.78 Å². The highest BCUT2D eigenvalue weighted by Crippen LogP contribution is 2.43. The van der Waals surface area contributed by atoms with E-state index in [9.17, 15) is 8.42 Å². The summed E-state index contributed by atoms with van der Waals surface area (Å²) in [6.07, 6.45) is 1.71. The van der Waals surface area contributed by atoms with Crippen LogP contribution in [0.15, 0.2) is 108 Å². The highest BCUT2D eigenvalue weighted by molar-refractivity contribution is 14.1. The van der Waals surface area contributed by atoms with Gasteiger partial charge in [0.15, 0.2) is 17.2 Å². The van der Waals surface area contributed by atoms with E-state index in [4.69, 9.17) is 18.8 Å². The number of rotatable bonds is 8. The Balaban J connectivity index is 1.73. The molecule has 0 unspecified atom stereocenters. The first-order chi connectivity index (χ1) is 18.4. The molecule has 0 aliphatic rings. The molecule has 0 radical (unpaired) electrons. The molecule has 0 atom stereocenters. The van der Waals surface area contributed by atoms with Gasteiger partial charge in [-0.3, -0.25) is 0 Å². The Kier molecular flexibility index (Phi) is 7.39. The third kappa shape index (κ3) is 4.99. The Hall–Kier alpha value is -3.83. The molecule has 4 aromatic carbocycles. The molecule has 7 nitrogen and oxygen atoms in total. The zero-order valence-corrected chi connectivity index (χ0v) is 23.5. The molecule has 0 bridgehead atoms. The summed E-state index contributed by atoms with van der Waals surface area (Å²) in [5.74, 6) is 1.36. The van der Waals surface area contributed by atoms with E-state index in [-0.39, 0.29) is 10.6 Å². The van der Waals surface area contributed by atoms with Crippen LogP contribution in [-0.2, 0) is 10.1 Å². The predicted molar refractivity (Wildman–Crippen MR) is 155 cm³/mol. The van der Waals surface area contributed by atoms with Gasteiger partial charge in [0.05, 0.1) is 31.8 Å². The average molecular weight is 638 g/mol. The molecule has 0 fully saturated rings. The molecule has 1 aromatic heterocycles. The van der Waals surface area contributed by atoms with Gasteiger partial charge in [0, 0.05) is 20.3 Å². The Morgan fingerprint density at radius 2 is 1.32 bits per heavy atom. The summed E-state index contributed by atoms with van der Waals surface area (Å²) in [6.45, 7) is 0. The first-order valence-electron chi connectivity index (χ1n) is 11.6. The van der Waals surface area contributed by atoms with Crippen LogP contribution in [0.1, 0.15) is 0 Å². The normalized spacial score (nSPS) is 11.2. The quantitative estimate of drug-likeness (QED) is 0.141. The van der Waals surface area contributed by atoms with Gasteiger partial charge < -0.3 is 13.7 Å². The minimum Gasteiger partial charge on any atom is -0.493 e. The maximum Gasteiger partial charge on any atom is 0.339 e. The number of benzene rings is 4. The van der Waals surface area contributed by atoms with Crippen LogP contribution in [0.2, 0.25) is 0 Å². The molecule has 0 amide bonds. The number of halogens is 1. The van der Waals surface area contributed by atoms with Gasteiger partial charge in [-0.25, -0.2) is 4.68 Å². The standard InChI is InChI=1S/C29H23IN2O5S/c1-35-27-17-23(25(30)18-28(27)36-2)29-24(19-31-32(29)20-11-5-3-6-12-20)22-15-9-10-16-26(22)37-38(33,34)21-13-7-4-8-14-21/h3-19H,1-2H3. The Morgan fingerprint density at radius 1 is 0.711 bits per heavy atom. The second kappa shape index (κ2) is 10.9. The highest BCUT2D eigenvalue weighted by atomic mass is 127. The first kappa shape index (κ1) is 25.8. The fourth-order valence-electron chi connectivity index (χ4n) is 4.12. The second-order valence-corrected chi connectivity index (χ2v) is 10.9. The monoisotopic (exact) mass is 638 g/mol. The van der Waals surface area contributed by atoms with Gasteiger partial charge in [0.2, 0.25) is 0 Å². The fraction of sp³-hybridized carbons (Fsp3) is 0.0690. The van der Waals surface area contributed by atoms with E-state index in [1.165, 1.54) is 12.1 Å². The maximum atomic E-state index is 13.1. The molecule has 0 spiro atoms. The fourth-order valence-corrected chi connectivity index (χ4v) is 5.78. The van der Waals surface area contributed by atoms with Crippen molar-refractivity contribution in [3.8, 4) is 45.3 Å². The molecule has 9 heteroatoms. The van der Waals surface area contributed by atoms with Crippen LogP contribution < -0.4 is 13.7 Å². The lowest BCUT2D eigenvalue weighted by Crippen LogP contribution is -2.10. The zero-order chi connectivity index (χ0) is 26.7. The number of nitrogens with zero attached hydrogens (tertiary/aromatic N) is 2. The lowest BCUT2D eigenvalue weighted by atomic mass is 10.00. The van der Waals surface area contributed by atoms with Gasteiger partial charge in [-0.1, -0.05) is 54.6 Å². The van der Waals surface area contributed by atoms with Crippen LogP contribution >= 0.6 is 22.6 Å². The molecule has 5 rings (SSSR count). The summed E-state index contributed by atoms with van der Waals surface area (Å²) in [4.78, 5) is 0.0736. The Morgan fingerprint density at radius 3 is 2.00 bits per heavy atom. The number of methoxy groups -OCH3 is 2. The van der Waals surface area contributed by atoms with E-state index in [0.29, 0.717) is 22.6 Å². The molecule has 0 saturated carbocycles. The van der Waals surface area contributed by atoms with E-state index in [1.54, 1.807) is 50.7 Å². The third-order valence-corrected chi connectivity index (χ3v) is 8.05. The van der Waals surface area contributed by atoms with Gasteiger partial charge in [-0.15, -0.1) is 0 Å². The van der Waals surface area contributed by atoms with Crippen LogP contribution in [-0.4, -0.2) is 32.4 Å². The van der Waals surface area contributed by atoms with Crippen molar-refractivity contribution >= 4 is 32.7 Å². The van der Waals surface area contributed by atoms with E-state index in [2.05, 4.69) is 22.6 Å². The lowest BCUT2D eigenvalue weighted by molar-refractivity contribution is 0.355. The van der Waals surface area contributed by atoms with Gasteiger partial charge >= 0.3 is 10.1 Å². The number of hydrogen-bond donors (Lipinski definition) is 0. The molecular weight excluding hydrogens is 615 g/mol. The van der Waals surface area contributed by atoms with Crippen LogP contribution in [0.3, 0.4) is 0 Å². The zero-order valence-electron chi connectivity index (χ0n) is 20.5. The van der Waals surface area contributed by atoms with E-state index in [1.807, 2.05) is 59.3 Å². The van der Waals surface area contributed by atoms with E-state index in [0.717, 1.165) is 20.5 Å². The minimum atomic E-state index is -4.06. The molecule has 5 aromatic rings. The largest absolute Gasteiger partial charge is 0.493 e. The lowest BCUT2D eigenvalue weighted by Gasteiger charge is -2.16. The van der Waals surface area contributed by atoms with E-state index < -0.39 is 10.1 Å². The van der Waals surface area contributed by atoms with Crippen molar-refractivity contribution in [2.75, 3.05) is 14.2 Å². The van der Waals surface area contributed by atoms with Crippen LogP contribution in [0.4, 0.5) is 0 Å². The summed E-state index contributed by atoms with van der Waals surface area (Å²) in [7, 11) is -0.884. The highest BCUT2D eigenvalue weighted by Gasteiger charge is 2.25. The average Bonchev–Trinajstić information content (AvgIpc) is 3.38. The summed E-state index contributed by atoms with van der Waals surface area (Å²) in [5, 5.41) is 4.71. The second-order valence-electron chi connectivity index (χ2n) is 8.19. The SMILES string of the molecule is COc1cc(I)c(-c2c(-c3ccccc3OS(=O)(=O)c3ccccc3)cnn2-c2ccccc2)cc1OC. The number of hydrogen-bond acceptors (Lipinski definition) is 6. The van der Waals surface area contributed by atoms with Gasteiger partial charge in [0.25, 0.3) is 0 Å². The minimum absolute atomic E-state index is 0.0736.